The van der Waals surface area contributed by atoms with Crippen LogP contribution in [0.15, 0.2) is 194 Å². The van der Waals surface area contributed by atoms with E-state index in [0.29, 0.717) is 5.82 Å². The molecule has 11 rings (SSSR count). The summed E-state index contributed by atoms with van der Waals surface area (Å²) in [6.45, 7) is 4.79. The molecule has 0 spiro atoms. The zero-order chi connectivity index (χ0) is 38.1. The van der Waals surface area contributed by atoms with Gasteiger partial charge in [-0.3, -0.25) is 0 Å². The van der Waals surface area contributed by atoms with Crippen molar-refractivity contribution in [2.75, 3.05) is 0 Å². The fraction of sp³-hybridized carbons (Fsp3) is 0.0545. The Bertz CT molecular complexity index is 3190. The van der Waals surface area contributed by atoms with Gasteiger partial charge in [0.2, 0.25) is 0 Å². The Morgan fingerprint density at radius 2 is 0.825 bits per heavy atom. The first-order valence-corrected chi connectivity index (χ1v) is 19.7. The van der Waals surface area contributed by atoms with Gasteiger partial charge in [-0.2, -0.15) is 0 Å². The molecule has 0 bridgehead atoms. The summed E-state index contributed by atoms with van der Waals surface area (Å²) in [5.74, 6) is 0.710. The summed E-state index contributed by atoms with van der Waals surface area (Å²) in [7, 11) is 0. The quantitative estimate of drug-likeness (QED) is 0.176. The minimum Gasteiger partial charge on any atom is -0.228 e. The second-order valence-corrected chi connectivity index (χ2v) is 15.7. The largest absolute Gasteiger partial charge is 0.228 e. The Morgan fingerprint density at radius 1 is 0.316 bits per heavy atom. The van der Waals surface area contributed by atoms with Crippen LogP contribution in [0.2, 0.25) is 0 Å². The highest BCUT2D eigenvalue weighted by Crippen LogP contribution is 2.55. The topological polar surface area (TPSA) is 25.8 Å². The number of rotatable bonds is 5. The molecule has 1 aliphatic carbocycles. The molecular formula is C55H38N2. The average Bonchev–Trinajstić information content (AvgIpc) is 3.52. The standard InChI is InChI=1S/C55H38N2/c1-55(2)52-42-20-9-7-15-36(42)30-31-49(52)48-25-13-24-47(53(48)55)45-32-33-46(44-22-11-10-21-43(44)45)51-34-50(56-54(57-51)39-16-4-3-5-17-39)38-28-26-37(27-29-38)41-23-12-18-35-14-6-8-19-40(35)41/h3-34H,1-2H3. The van der Waals surface area contributed by atoms with Crippen LogP contribution in [-0.2, 0) is 5.41 Å². The lowest BCUT2D eigenvalue weighted by atomic mass is 9.77. The van der Waals surface area contributed by atoms with Crippen LogP contribution < -0.4 is 0 Å². The van der Waals surface area contributed by atoms with E-state index in [1.54, 1.807) is 0 Å². The maximum absolute atomic E-state index is 5.28. The molecular weight excluding hydrogens is 689 g/mol. The molecule has 9 aromatic carbocycles. The third-order valence-electron chi connectivity index (χ3n) is 12.1. The molecule has 0 fully saturated rings. The van der Waals surface area contributed by atoms with Crippen molar-refractivity contribution in [2.45, 2.75) is 19.3 Å². The van der Waals surface area contributed by atoms with Gasteiger partial charge in [-0.1, -0.05) is 202 Å². The van der Waals surface area contributed by atoms with E-state index in [4.69, 9.17) is 9.97 Å². The van der Waals surface area contributed by atoms with Gasteiger partial charge >= 0.3 is 0 Å². The molecule has 0 radical (unpaired) electrons. The maximum Gasteiger partial charge on any atom is 0.160 e. The molecule has 57 heavy (non-hydrogen) atoms. The van der Waals surface area contributed by atoms with Crippen molar-refractivity contribution in [3.8, 4) is 67.3 Å². The van der Waals surface area contributed by atoms with Crippen molar-refractivity contribution in [1.82, 2.24) is 9.97 Å². The molecule has 1 aliphatic rings. The van der Waals surface area contributed by atoms with Crippen LogP contribution >= 0.6 is 0 Å². The average molecular weight is 727 g/mol. The second kappa shape index (κ2) is 13.0. The van der Waals surface area contributed by atoms with Crippen molar-refractivity contribution in [1.29, 1.82) is 0 Å². The Balaban J connectivity index is 1.06. The molecule has 1 aromatic heterocycles. The number of hydrogen-bond acceptors (Lipinski definition) is 2. The first-order chi connectivity index (χ1) is 28.0. The van der Waals surface area contributed by atoms with Gasteiger partial charge in [0, 0.05) is 22.1 Å². The van der Waals surface area contributed by atoms with Crippen LogP contribution in [0.3, 0.4) is 0 Å². The minimum absolute atomic E-state index is 0.183. The van der Waals surface area contributed by atoms with Gasteiger partial charge < -0.3 is 0 Å². The van der Waals surface area contributed by atoms with Crippen molar-refractivity contribution in [2.24, 2.45) is 0 Å². The fourth-order valence-electron chi connectivity index (χ4n) is 9.47. The molecule has 268 valence electrons. The molecule has 0 saturated carbocycles. The first-order valence-electron chi connectivity index (χ1n) is 19.7. The zero-order valence-electron chi connectivity index (χ0n) is 31.9. The normalized spacial score (nSPS) is 12.9. The van der Waals surface area contributed by atoms with Gasteiger partial charge in [-0.05, 0) is 82.9 Å². The second-order valence-electron chi connectivity index (χ2n) is 15.7. The molecule has 10 aromatic rings. The molecule has 0 unspecified atom stereocenters. The van der Waals surface area contributed by atoms with Crippen molar-refractivity contribution < 1.29 is 0 Å². The van der Waals surface area contributed by atoms with E-state index in [1.165, 1.54) is 76.8 Å². The predicted octanol–water partition coefficient (Wildman–Crippen LogP) is 14.6. The van der Waals surface area contributed by atoms with E-state index in [-0.39, 0.29) is 5.41 Å². The summed E-state index contributed by atoms with van der Waals surface area (Å²) in [5, 5.41) is 7.49. The Hall–Kier alpha value is -7.16. The van der Waals surface area contributed by atoms with Crippen LogP contribution in [0, 0.1) is 0 Å². The summed E-state index contributed by atoms with van der Waals surface area (Å²) < 4.78 is 0. The number of aromatic nitrogens is 2. The van der Waals surface area contributed by atoms with Gasteiger partial charge in [-0.25, -0.2) is 9.97 Å². The summed E-state index contributed by atoms with van der Waals surface area (Å²) >= 11 is 0. The van der Waals surface area contributed by atoms with Gasteiger partial charge in [0.25, 0.3) is 0 Å². The fourth-order valence-corrected chi connectivity index (χ4v) is 9.47. The third kappa shape index (κ3) is 5.33. The van der Waals surface area contributed by atoms with Gasteiger partial charge in [0.1, 0.15) is 0 Å². The monoisotopic (exact) mass is 726 g/mol. The SMILES string of the molecule is CC1(C)c2c(cccc2-c2ccc(-c3cc(-c4ccc(-c5cccc6ccccc56)cc4)nc(-c4ccccc4)n3)c3ccccc23)-c2ccc3ccccc3c21. The number of hydrogen-bond donors (Lipinski definition) is 0. The van der Waals surface area contributed by atoms with E-state index in [1.807, 2.05) is 6.07 Å². The van der Waals surface area contributed by atoms with Crippen LogP contribution in [0.4, 0.5) is 0 Å². The summed E-state index contributed by atoms with van der Waals surface area (Å²) in [6, 6.07) is 70.0. The highest BCUT2D eigenvalue weighted by Gasteiger charge is 2.39. The van der Waals surface area contributed by atoms with Crippen LogP contribution in [0.5, 0.6) is 0 Å². The van der Waals surface area contributed by atoms with E-state index < -0.39 is 0 Å². The van der Waals surface area contributed by atoms with Crippen molar-refractivity contribution in [3.05, 3.63) is 205 Å². The Labute approximate surface area is 332 Å². The summed E-state index contributed by atoms with van der Waals surface area (Å²) in [4.78, 5) is 10.5. The van der Waals surface area contributed by atoms with Crippen molar-refractivity contribution in [3.63, 3.8) is 0 Å². The summed E-state index contributed by atoms with van der Waals surface area (Å²) in [5.41, 5.74) is 15.1. The molecule has 0 saturated heterocycles. The zero-order valence-corrected chi connectivity index (χ0v) is 31.9. The highest BCUT2D eigenvalue weighted by molar-refractivity contribution is 6.07. The Kier molecular flexibility index (Phi) is 7.55. The Morgan fingerprint density at radius 3 is 1.60 bits per heavy atom. The van der Waals surface area contributed by atoms with E-state index in [0.717, 1.165) is 28.1 Å². The first kappa shape index (κ1) is 33.2. The lowest BCUT2D eigenvalue weighted by Crippen LogP contribution is -2.17. The molecule has 0 N–H and O–H groups in total. The number of benzene rings is 9. The lowest BCUT2D eigenvalue weighted by molar-refractivity contribution is 0.668. The van der Waals surface area contributed by atoms with E-state index in [9.17, 15) is 0 Å². The van der Waals surface area contributed by atoms with Crippen LogP contribution in [0.1, 0.15) is 25.0 Å². The van der Waals surface area contributed by atoms with Gasteiger partial charge in [-0.15, -0.1) is 0 Å². The van der Waals surface area contributed by atoms with E-state index in [2.05, 4.69) is 202 Å². The lowest BCUT2D eigenvalue weighted by Gasteiger charge is -2.26. The van der Waals surface area contributed by atoms with Crippen molar-refractivity contribution >= 4 is 32.3 Å². The van der Waals surface area contributed by atoms with E-state index >= 15 is 0 Å². The predicted molar refractivity (Wildman–Crippen MR) is 239 cm³/mol. The highest BCUT2D eigenvalue weighted by atomic mass is 14.9. The smallest absolute Gasteiger partial charge is 0.160 e. The molecule has 2 heteroatoms. The molecule has 2 nitrogen and oxygen atoms in total. The summed E-state index contributed by atoms with van der Waals surface area (Å²) in [6.07, 6.45) is 0. The molecule has 0 aliphatic heterocycles. The van der Waals surface area contributed by atoms with Gasteiger partial charge in [0.15, 0.2) is 5.82 Å². The number of fused-ring (bicyclic) bond motifs is 7. The maximum atomic E-state index is 5.28. The molecule has 0 amide bonds. The van der Waals surface area contributed by atoms with Crippen LogP contribution in [0.25, 0.3) is 99.6 Å². The third-order valence-corrected chi connectivity index (χ3v) is 12.1. The number of nitrogens with zero attached hydrogens (tertiary/aromatic N) is 2. The minimum atomic E-state index is -0.183. The molecule has 0 atom stereocenters. The van der Waals surface area contributed by atoms with Gasteiger partial charge in [0.05, 0.1) is 11.4 Å². The van der Waals surface area contributed by atoms with Crippen LogP contribution in [-0.4, -0.2) is 9.97 Å². The molecule has 1 heterocycles.